The normalized spacial score (nSPS) is 15.8. The molecule has 0 bridgehead atoms. The van der Waals surface area contributed by atoms with E-state index in [2.05, 4.69) is 25.1 Å². The lowest BCUT2D eigenvalue weighted by Gasteiger charge is -2.31. The minimum absolute atomic E-state index is 0.411. The van der Waals surface area contributed by atoms with Crippen molar-refractivity contribution >= 4 is 5.95 Å². The van der Waals surface area contributed by atoms with Gasteiger partial charge < -0.3 is 9.64 Å². The molecular formula is C15H18FN5O. The molecule has 0 radical (unpaired) electrons. The molecule has 0 aromatic carbocycles. The zero-order valence-electron chi connectivity index (χ0n) is 12.4. The van der Waals surface area contributed by atoms with Crippen LogP contribution in [0, 0.1) is 18.7 Å². The molecule has 3 heterocycles. The number of piperidine rings is 1. The van der Waals surface area contributed by atoms with Crippen LogP contribution >= 0.6 is 0 Å². The fraction of sp³-hybridized carbons (Fsp3) is 0.467. The molecule has 116 valence electrons. The standard InChI is InChI=1S/C15H18FN5O/c1-11-2-3-14(20-19-11)22-10-12-4-6-21(7-5-12)15-17-8-13(16)9-18-15/h2-3,8-9,12H,4-7,10H2,1H3. The van der Waals surface area contributed by atoms with E-state index >= 15 is 0 Å². The Labute approximate surface area is 128 Å². The van der Waals surface area contributed by atoms with Gasteiger partial charge in [0.1, 0.15) is 0 Å². The number of hydrogen-bond donors (Lipinski definition) is 0. The third-order valence-corrected chi connectivity index (χ3v) is 3.74. The molecule has 0 aliphatic carbocycles. The van der Waals surface area contributed by atoms with Crippen molar-refractivity contribution in [3.8, 4) is 5.88 Å². The topological polar surface area (TPSA) is 64.0 Å². The second-order valence-corrected chi connectivity index (χ2v) is 5.46. The molecular weight excluding hydrogens is 285 g/mol. The molecule has 0 N–H and O–H groups in total. The van der Waals surface area contributed by atoms with Crippen molar-refractivity contribution in [3.05, 3.63) is 36.0 Å². The van der Waals surface area contributed by atoms with Gasteiger partial charge in [0.2, 0.25) is 11.8 Å². The second kappa shape index (κ2) is 6.64. The fourth-order valence-corrected chi connectivity index (χ4v) is 2.44. The molecule has 2 aromatic heterocycles. The summed E-state index contributed by atoms with van der Waals surface area (Å²) in [5.41, 5.74) is 0.875. The number of anilines is 1. The van der Waals surface area contributed by atoms with E-state index in [1.54, 1.807) is 0 Å². The van der Waals surface area contributed by atoms with Gasteiger partial charge in [-0.25, -0.2) is 14.4 Å². The van der Waals surface area contributed by atoms with Crippen molar-refractivity contribution in [2.75, 3.05) is 24.6 Å². The van der Waals surface area contributed by atoms with Gasteiger partial charge in [0.05, 0.1) is 24.7 Å². The summed E-state index contributed by atoms with van der Waals surface area (Å²) in [4.78, 5) is 10.1. The van der Waals surface area contributed by atoms with Crippen molar-refractivity contribution in [2.45, 2.75) is 19.8 Å². The molecule has 1 aliphatic rings. The first-order chi connectivity index (χ1) is 10.7. The lowest BCUT2D eigenvalue weighted by atomic mass is 9.98. The molecule has 0 amide bonds. The van der Waals surface area contributed by atoms with Crippen LogP contribution in [-0.4, -0.2) is 39.9 Å². The summed E-state index contributed by atoms with van der Waals surface area (Å²) in [6, 6.07) is 3.72. The summed E-state index contributed by atoms with van der Waals surface area (Å²) >= 11 is 0. The monoisotopic (exact) mass is 303 g/mol. The molecule has 1 aliphatic heterocycles. The van der Waals surface area contributed by atoms with Crippen LogP contribution in [0.5, 0.6) is 5.88 Å². The summed E-state index contributed by atoms with van der Waals surface area (Å²) in [6.07, 6.45) is 4.38. The van der Waals surface area contributed by atoms with Crippen molar-refractivity contribution in [3.63, 3.8) is 0 Å². The van der Waals surface area contributed by atoms with Gasteiger partial charge in [-0.3, -0.25) is 0 Å². The number of aryl methyl sites for hydroxylation is 1. The average Bonchev–Trinajstić information content (AvgIpc) is 2.56. The van der Waals surface area contributed by atoms with Gasteiger partial charge in [-0.15, -0.1) is 5.10 Å². The van der Waals surface area contributed by atoms with Gasteiger partial charge in [-0.05, 0) is 31.7 Å². The van der Waals surface area contributed by atoms with Gasteiger partial charge >= 0.3 is 0 Å². The molecule has 2 aromatic rings. The molecule has 1 fully saturated rings. The van der Waals surface area contributed by atoms with E-state index in [9.17, 15) is 4.39 Å². The molecule has 0 saturated carbocycles. The molecule has 3 rings (SSSR count). The van der Waals surface area contributed by atoms with Crippen LogP contribution in [0.1, 0.15) is 18.5 Å². The first-order valence-corrected chi connectivity index (χ1v) is 7.36. The third-order valence-electron chi connectivity index (χ3n) is 3.74. The predicted molar refractivity (Wildman–Crippen MR) is 79.2 cm³/mol. The highest BCUT2D eigenvalue weighted by atomic mass is 19.1. The minimum Gasteiger partial charge on any atom is -0.476 e. The first-order valence-electron chi connectivity index (χ1n) is 7.36. The second-order valence-electron chi connectivity index (χ2n) is 5.46. The smallest absolute Gasteiger partial charge is 0.233 e. The minimum atomic E-state index is -0.411. The predicted octanol–water partition coefficient (Wildman–Crippen LogP) is 2.01. The maximum absolute atomic E-state index is 12.8. The maximum Gasteiger partial charge on any atom is 0.233 e. The zero-order valence-corrected chi connectivity index (χ0v) is 12.4. The number of aromatic nitrogens is 4. The number of nitrogens with zero attached hydrogens (tertiary/aromatic N) is 5. The van der Waals surface area contributed by atoms with Crippen molar-refractivity contribution in [2.24, 2.45) is 5.92 Å². The van der Waals surface area contributed by atoms with E-state index < -0.39 is 5.82 Å². The lowest BCUT2D eigenvalue weighted by Crippen LogP contribution is -2.36. The van der Waals surface area contributed by atoms with Crippen LogP contribution in [-0.2, 0) is 0 Å². The largest absolute Gasteiger partial charge is 0.476 e. The Kier molecular flexibility index (Phi) is 4.41. The Bertz CT molecular complexity index is 596. The molecule has 0 atom stereocenters. The van der Waals surface area contributed by atoms with Crippen LogP contribution in [0.15, 0.2) is 24.5 Å². The quantitative estimate of drug-likeness (QED) is 0.861. The highest BCUT2D eigenvalue weighted by Crippen LogP contribution is 2.21. The highest BCUT2D eigenvalue weighted by Gasteiger charge is 2.21. The van der Waals surface area contributed by atoms with E-state index in [4.69, 9.17) is 4.74 Å². The number of hydrogen-bond acceptors (Lipinski definition) is 6. The molecule has 6 nitrogen and oxygen atoms in total. The number of rotatable bonds is 4. The Morgan fingerprint density at radius 3 is 2.55 bits per heavy atom. The lowest BCUT2D eigenvalue weighted by molar-refractivity contribution is 0.213. The summed E-state index contributed by atoms with van der Waals surface area (Å²) < 4.78 is 18.5. The van der Waals surface area contributed by atoms with Gasteiger partial charge in [0, 0.05) is 19.2 Å². The van der Waals surface area contributed by atoms with Crippen LogP contribution in [0.2, 0.25) is 0 Å². The van der Waals surface area contributed by atoms with Gasteiger partial charge in [0.15, 0.2) is 5.82 Å². The van der Waals surface area contributed by atoms with Crippen LogP contribution in [0.4, 0.5) is 10.3 Å². The van der Waals surface area contributed by atoms with Crippen LogP contribution in [0.3, 0.4) is 0 Å². The first kappa shape index (κ1) is 14.6. The fourth-order valence-electron chi connectivity index (χ4n) is 2.44. The highest BCUT2D eigenvalue weighted by molar-refractivity contribution is 5.29. The van der Waals surface area contributed by atoms with Crippen molar-refractivity contribution in [1.29, 1.82) is 0 Å². The van der Waals surface area contributed by atoms with Crippen molar-refractivity contribution < 1.29 is 9.13 Å². The maximum atomic E-state index is 12.8. The summed E-state index contributed by atoms with van der Waals surface area (Å²) in [6.45, 7) is 4.22. The van der Waals surface area contributed by atoms with Crippen LogP contribution < -0.4 is 9.64 Å². The number of halogens is 1. The van der Waals surface area contributed by atoms with E-state index in [1.807, 2.05) is 19.1 Å². The molecule has 0 unspecified atom stereocenters. The third kappa shape index (κ3) is 3.66. The SMILES string of the molecule is Cc1ccc(OCC2CCN(c3ncc(F)cn3)CC2)nn1. The Morgan fingerprint density at radius 2 is 1.91 bits per heavy atom. The van der Waals surface area contributed by atoms with E-state index in [-0.39, 0.29) is 0 Å². The van der Waals surface area contributed by atoms with Gasteiger partial charge in [0.25, 0.3) is 0 Å². The summed E-state index contributed by atoms with van der Waals surface area (Å²) in [7, 11) is 0. The number of ether oxygens (including phenoxy) is 1. The Morgan fingerprint density at radius 1 is 1.18 bits per heavy atom. The van der Waals surface area contributed by atoms with E-state index in [1.165, 1.54) is 12.4 Å². The molecule has 7 heteroatoms. The Hall–Kier alpha value is -2.31. The Balaban J connectivity index is 1.47. The van der Waals surface area contributed by atoms with Crippen molar-refractivity contribution in [1.82, 2.24) is 20.2 Å². The molecule has 1 saturated heterocycles. The van der Waals surface area contributed by atoms with Crippen LogP contribution in [0.25, 0.3) is 0 Å². The zero-order chi connectivity index (χ0) is 15.4. The summed E-state index contributed by atoms with van der Waals surface area (Å²) in [5.74, 6) is 1.21. The van der Waals surface area contributed by atoms with Gasteiger partial charge in [-0.1, -0.05) is 0 Å². The summed E-state index contributed by atoms with van der Waals surface area (Å²) in [5, 5.41) is 7.97. The van der Waals surface area contributed by atoms with E-state index in [0.717, 1.165) is 31.6 Å². The molecule has 0 spiro atoms. The van der Waals surface area contributed by atoms with Gasteiger partial charge in [-0.2, -0.15) is 5.10 Å². The van der Waals surface area contributed by atoms with E-state index in [0.29, 0.717) is 24.4 Å². The average molecular weight is 303 g/mol. The molecule has 22 heavy (non-hydrogen) atoms.